The van der Waals surface area contributed by atoms with Gasteiger partial charge in [-0.2, -0.15) is 0 Å². The monoisotopic (exact) mass is 273 g/mol. The number of nitrogens with zero attached hydrogens (tertiary/aromatic N) is 1. The van der Waals surface area contributed by atoms with Crippen molar-refractivity contribution in [3.63, 3.8) is 0 Å². The molecule has 2 unspecified atom stereocenters. The Balaban J connectivity index is 2.35. The zero-order valence-electron chi connectivity index (χ0n) is 10.1. The molecule has 2 atom stereocenters. The minimum absolute atomic E-state index is 0.244. The summed E-state index contributed by atoms with van der Waals surface area (Å²) in [5, 5.41) is 0.740. The second-order valence-corrected chi connectivity index (χ2v) is 5.19. The molecule has 1 heterocycles. The molecule has 0 aromatic heterocycles. The fraction of sp³-hybridized carbons (Fsp3) is 0.538. The molecule has 1 aliphatic rings. The first-order chi connectivity index (χ1) is 8.13. The van der Waals surface area contributed by atoms with Crippen molar-refractivity contribution in [2.24, 2.45) is 0 Å². The zero-order chi connectivity index (χ0) is 12.4. The van der Waals surface area contributed by atoms with E-state index in [0.29, 0.717) is 11.9 Å². The molecule has 1 saturated heterocycles. The summed E-state index contributed by atoms with van der Waals surface area (Å²) in [5.41, 5.74) is 2.15. The summed E-state index contributed by atoms with van der Waals surface area (Å²) in [7, 11) is 0. The van der Waals surface area contributed by atoms with E-state index in [1.165, 1.54) is 0 Å². The number of halogens is 2. The molecule has 4 heteroatoms. The molecule has 1 fully saturated rings. The van der Waals surface area contributed by atoms with Gasteiger partial charge in [-0.25, -0.2) is 0 Å². The summed E-state index contributed by atoms with van der Waals surface area (Å²) in [6, 6.07) is 6.29. The van der Waals surface area contributed by atoms with Gasteiger partial charge >= 0.3 is 0 Å². The van der Waals surface area contributed by atoms with E-state index < -0.39 is 0 Å². The lowest BCUT2D eigenvalue weighted by Crippen LogP contribution is -2.47. The second-order valence-electron chi connectivity index (χ2n) is 4.52. The standard InChI is InChI=1S/C13H17Cl2NO/c1-9-8-17-10(2)7-16(9)13-5-3-4-12(15)11(13)6-14/h3-5,9-10H,6-8H2,1-2H3. The Morgan fingerprint density at radius 2 is 2.18 bits per heavy atom. The first kappa shape index (κ1) is 13.0. The summed E-state index contributed by atoms with van der Waals surface area (Å²) in [6.45, 7) is 5.87. The molecule has 0 bridgehead atoms. The number of ether oxygens (including phenoxy) is 1. The number of morpholine rings is 1. The van der Waals surface area contributed by atoms with E-state index in [-0.39, 0.29) is 6.10 Å². The normalized spacial score (nSPS) is 25.1. The maximum absolute atomic E-state index is 6.19. The lowest BCUT2D eigenvalue weighted by molar-refractivity contribution is 0.0343. The summed E-state index contributed by atoms with van der Waals surface area (Å²) in [6.07, 6.45) is 0.244. The van der Waals surface area contributed by atoms with Gasteiger partial charge < -0.3 is 9.64 Å². The number of anilines is 1. The quantitative estimate of drug-likeness (QED) is 0.762. The van der Waals surface area contributed by atoms with E-state index >= 15 is 0 Å². The van der Waals surface area contributed by atoms with Crippen molar-refractivity contribution in [1.82, 2.24) is 0 Å². The molecule has 94 valence electrons. The van der Waals surface area contributed by atoms with Crippen LogP contribution < -0.4 is 4.90 Å². The lowest BCUT2D eigenvalue weighted by Gasteiger charge is -2.39. The Labute approximate surface area is 112 Å². The molecule has 0 amide bonds. The number of hydrogen-bond acceptors (Lipinski definition) is 2. The molecular weight excluding hydrogens is 257 g/mol. The van der Waals surface area contributed by atoms with E-state index in [1.54, 1.807) is 0 Å². The maximum atomic E-state index is 6.19. The van der Waals surface area contributed by atoms with E-state index in [1.807, 2.05) is 12.1 Å². The van der Waals surface area contributed by atoms with Gasteiger partial charge in [-0.05, 0) is 26.0 Å². The topological polar surface area (TPSA) is 12.5 Å². The highest BCUT2D eigenvalue weighted by Crippen LogP contribution is 2.31. The minimum atomic E-state index is 0.244. The molecule has 2 nitrogen and oxygen atoms in total. The Kier molecular flexibility index (Phi) is 4.18. The molecule has 0 radical (unpaired) electrons. The zero-order valence-corrected chi connectivity index (χ0v) is 11.6. The molecule has 1 aromatic rings. The van der Waals surface area contributed by atoms with Gasteiger partial charge in [0, 0.05) is 28.9 Å². The molecule has 0 aliphatic carbocycles. The Morgan fingerprint density at radius 3 is 2.88 bits per heavy atom. The first-order valence-corrected chi connectivity index (χ1v) is 6.76. The molecule has 0 saturated carbocycles. The van der Waals surface area contributed by atoms with Crippen LogP contribution in [0.2, 0.25) is 5.02 Å². The van der Waals surface area contributed by atoms with Gasteiger partial charge in [-0.15, -0.1) is 11.6 Å². The molecule has 1 aromatic carbocycles. The Hall–Kier alpha value is -0.440. The van der Waals surface area contributed by atoms with Gasteiger partial charge in [0.15, 0.2) is 0 Å². The average molecular weight is 274 g/mol. The van der Waals surface area contributed by atoms with Crippen molar-refractivity contribution in [3.05, 3.63) is 28.8 Å². The van der Waals surface area contributed by atoms with Crippen LogP contribution in [0.4, 0.5) is 5.69 Å². The number of alkyl halides is 1. The summed E-state index contributed by atoms with van der Waals surface area (Å²) in [4.78, 5) is 2.33. The molecule has 1 aliphatic heterocycles. The smallest absolute Gasteiger partial charge is 0.0723 e. The highest BCUT2D eigenvalue weighted by Gasteiger charge is 2.25. The number of rotatable bonds is 2. The van der Waals surface area contributed by atoms with Crippen molar-refractivity contribution in [1.29, 1.82) is 0 Å². The predicted molar refractivity (Wildman–Crippen MR) is 73.2 cm³/mol. The summed E-state index contributed by atoms with van der Waals surface area (Å²) < 4.78 is 5.64. The van der Waals surface area contributed by atoms with Gasteiger partial charge in [0.05, 0.1) is 18.6 Å². The summed E-state index contributed by atoms with van der Waals surface area (Å²) >= 11 is 12.2. The van der Waals surface area contributed by atoms with E-state index in [0.717, 1.165) is 29.4 Å². The van der Waals surface area contributed by atoms with Crippen molar-refractivity contribution < 1.29 is 4.74 Å². The summed E-state index contributed by atoms with van der Waals surface area (Å²) in [5.74, 6) is 0.438. The fourth-order valence-corrected chi connectivity index (χ4v) is 2.77. The Morgan fingerprint density at radius 1 is 1.41 bits per heavy atom. The van der Waals surface area contributed by atoms with E-state index in [9.17, 15) is 0 Å². The third-order valence-electron chi connectivity index (χ3n) is 3.14. The fourth-order valence-electron chi connectivity index (χ4n) is 2.19. The van der Waals surface area contributed by atoms with Crippen molar-refractivity contribution in [2.45, 2.75) is 31.9 Å². The van der Waals surface area contributed by atoms with Gasteiger partial charge in [0.25, 0.3) is 0 Å². The first-order valence-electron chi connectivity index (χ1n) is 5.85. The van der Waals surface area contributed by atoms with Crippen LogP contribution in [0.5, 0.6) is 0 Å². The Bertz CT molecular complexity index is 397. The van der Waals surface area contributed by atoms with Crippen molar-refractivity contribution >= 4 is 28.9 Å². The molecule has 0 spiro atoms. The van der Waals surface area contributed by atoms with Gasteiger partial charge in [0.2, 0.25) is 0 Å². The van der Waals surface area contributed by atoms with Gasteiger partial charge in [-0.3, -0.25) is 0 Å². The maximum Gasteiger partial charge on any atom is 0.0723 e. The van der Waals surface area contributed by atoms with Gasteiger partial charge in [-0.1, -0.05) is 17.7 Å². The molecule has 0 N–H and O–H groups in total. The van der Waals surface area contributed by atoms with Crippen LogP contribution in [-0.4, -0.2) is 25.3 Å². The van der Waals surface area contributed by atoms with Crippen molar-refractivity contribution in [3.8, 4) is 0 Å². The van der Waals surface area contributed by atoms with Gasteiger partial charge in [0.1, 0.15) is 0 Å². The lowest BCUT2D eigenvalue weighted by atomic mass is 10.1. The second kappa shape index (κ2) is 5.47. The van der Waals surface area contributed by atoms with Crippen LogP contribution in [0.15, 0.2) is 18.2 Å². The SMILES string of the molecule is CC1CN(c2cccc(Cl)c2CCl)C(C)CO1. The molecular formula is C13H17Cl2NO. The van der Waals surface area contributed by atoms with Crippen LogP contribution in [0.3, 0.4) is 0 Å². The predicted octanol–water partition coefficient (Wildman–Crippen LogP) is 3.69. The van der Waals surface area contributed by atoms with Crippen molar-refractivity contribution in [2.75, 3.05) is 18.1 Å². The highest BCUT2D eigenvalue weighted by atomic mass is 35.5. The van der Waals surface area contributed by atoms with Crippen LogP contribution in [0, 0.1) is 0 Å². The average Bonchev–Trinajstić information content (AvgIpc) is 2.32. The van der Waals surface area contributed by atoms with E-state index in [2.05, 4.69) is 24.8 Å². The van der Waals surface area contributed by atoms with Crippen LogP contribution >= 0.6 is 23.2 Å². The number of benzene rings is 1. The number of hydrogen-bond donors (Lipinski definition) is 0. The third kappa shape index (κ3) is 2.70. The molecule has 2 rings (SSSR count). The van der Waals surface area contributed by atoms with Crippen LogP contribution in [0.1, 0.15) is 19.4 Å². The molecule has 17 heavy (non-hydrogen) atoms. The van der Waals surface area contributed by atoms with Crippen LogP contribution in [0.25, 0.3) is 0 Å². The van der Waals surface area contributed by atoms with E-state index in [4.69, 9.17) is 27.9 Å². The third-order valence-corrected chi connectivity index (χ3v) is 3.77. The minimum Gasteiger partial charge on any atom is -0.375 e. The highest BCUT2D eigenvalue weighted by molar-refractivity contribution is 6.32. The van der Waals surface area contributed by atoms with Crippen LogP contribution in [-0.2, 0) is 10.6 Å². The largest absolute Gasteiger partial charge is 0.375 e.